The second kappa shape index (κ2) is 6.64. The molecule has 0 bridgehead atoms. The number of carbonyl (C=O) groups excluding carboxylic acids is 1. The molecule has 0 amide bonds. The van der Waals surface area contributed by atoms with Crippen LogP contribution < -0.4 is 5.73 Å². The van der Waals surface area contributed by atoms with Gasteiger partial charge in [0.15, 0.2) is 5.12 Å². The number of hydrogen-bond donors (Lipinski definition) is 3. The van der Waals surface area contributed by atoms with Gasteiger partial charge in [-0.25, -0.2) is 0 Å². The van der Waals surface area contributed by atoms with E-state index in [9.17, 15) is 15.0 Å². The SMILES string of the molecule is CC(=O)SCCC(O)C(O)c1ccccc1N. The van der Waals surface area contributed by atoms with Crippen LogP contribution in [0.4, 0.5) is 5.69 Å². The number of hydrogen-bond acceptors (Lipinski definition) is 5. The largest absolute Gasteiger partial charge is 0.398 e. The standard InChI is InChI=1S/C12H17NO3S/c1-8(14)17-7-6-11(15)12(16)9-4-2-3-5-10(9)13/h2-5,11-12,15-16H,6-7,13H2,1H3. The summed E-state index contributed by atoms with van der Waals surface area (Å²) in [5.74, 6) is 0.486. The lowest BCUT2D eigenvalue weighted by molar-refractivity contribution is -0.109. The predicted octanol–water partition coefficient (Wildman–Crippen LogP) is 1.33. The zero-order valence-corrected chi connectivity index (χ0v) is 10.5. The number of rotatable bonds is 5. The van der Waals surface area contributed by atoms with E-state index in [1.807, 2.05) is 0 Å². The van der Waals surface area contributed by atoms with Crippen molar-refractivity contribution in [1.82, 2.24) is 0 Å². The fourth-order valence-corrected chi connectivity index (χ4v) is 2.12. The topological polar surface area (TPSA) is 83.5 Å². The van der Waals surface area contributed by atoms with Crippen molar-refractivity contribution < 1.29 is 15.0 Å². The Hall–Kier alpha value is -1.04. The van der Waals surface area contributed by atoms with Gasteiger partial charge in [-0.15, -0.1) is 0 Å². The molecule has 1 aromatic rings. The minimum Gasteiger partial charge on any atom is -0.398 e. The Kier molecular flexibility index (Phi) is 5.47. The van der Waals surface area contributed by atoms with Gasteiger partial charge in [0.2, 0.25) is 0 Å². The van der Waals surface area contributed by atoms with Crippen LogP contribution in [0.25, 0.3) is 0 Å². The summed E-state index contributed by atoms with van der Waals surface area (Å²) in [6.07, 6.45) is -1.57. The maximum absolute atomic E-state index is 10.7. The van der Waals surface area contributed by atoms with Crippen molar-refractivity contribution in [2.45, 2.75) is 25.6 Å². The molecule has 0 aromatic heterocycles. The molecule has 2 atom stereocenters. The molecule has 0 aliphatic carbocycles. The fraction of sp³-hybridized carbons (Fsp3) is 0.417. The second-order valence-corrected chi connectivity index (χ2v) is 5.04. The molecule has 1 aromatic carbocycles. The molecular formula is C12H17NO3S. The van der Waals surface area contributed by atoms with E-state index in [0.717, 1.165) is 11.8 Å². The van der Waals surface area contributed by atoms with Crippen LogP contribution in [0.3, 0.4) is 0 Å². The normalized spacial score (nSPS) is 14.3. The zero-order valence-electron chi connectivity index (χ0n) is 9.67. The Bertz CT molecular complexity index is 384. The molecule has 94 valence electrons. The number of aliphatic hydroxyl groups excluding tert-OH is 2. The zero-order chi connectivity index (χ0) is 12.8. The van der Waals surface area contributed by atoms with Gasteiger partial charge in [-0.1, -0.05) is 30.0 Å². The summed E-state index contributed by atoms with van der Waals surface area (Å²) in [4.78, 5) is 10.7. The van der Waals surface area contributed by atoms with Crippen LogP contribution in [0.5, 0.6) is 0 Å². The highest BCUT2D eigenvalue weighted by molar-refractivity contribution is 8.13. The summed E-state index contributed by atoms with van der Waals surface area (Å²) in [7, 11) is 0. The van der Waals surface area contributed by atoms with Crippen LogP contribution in [0.1, 0.15) is 25.0 Å². The van der Waals surface area contributed by atoms with Crippen molar-refractivity contribution in [2.24, 2.45) is 0 Å². The van der Waals surface area contributed by atoms with E-state index in [0.29, 0.717) is 23.4 Å². The quantitative estimate of drug-likeness (QED) is 0.691. The Morgan fingerprint density at radius 1 is 1.41 bits per heavy atom. The van der Waals surface area contributed by atoms with Crippen LogP contribution >= 0.6 is 11.8 Å². The molecule has 1 rings (SSSR count). The van der Waals surface area contributed by atoms with Gasteiger partial charge in [0.25, 0.3) is 0 Å². The Morgan fingerprint density at radius 3 is 2.65 bits per heavy atom. The minimum atomic E-state index is -1.01. The van der Waals surface area contributed by atoms with Crippen molar-refractivity contribution >= 4 is 22.6 Å². The lowest BCUT2D eigenvalue weighted by atomic mass is 10.0. The van der Waals surface area contributed by atoms with Crippen LogP contribution in [-0.2, 0) is 4.79 Å². The number of benzene rings is 1. The van der Waals surface area contributed by atoms with E-state index in [2.05, 4.69) is 0 Å². The van der Waals surface area contributed by atoms with Gasteiger partial charge in [-0.05, 0) is 12.5 Å². The van der Waals surface area contributed by atoms with Crippen molar-refractivity contribution in [3.63, 3.8) is 0 Å². The number of carbonyl (C=O) groups is 1. The maximum atomic E-state index is 10.7. The number of anilines is 1. The summed E-state index contributed by atoms with van der Waals surface area (Å²) in [6, 6.07) is 6.88. The Labute approximate surface area is 105 Å². The molecule has 17 heavy (non-hydrogen) atoms. The highest BCUT2D eigenvalue weighted by atomic mass is 32.2. The molecule has 0 saturated carbocycles. The van der Waals surface area contributed by atoms with Crippen LogP contribution in [0.2, 0.25) is 0 Å². The van der Waals surface area contributed by atoms with Gasteiger partial charge in [-0.3, -0.25) is 4.79 Å². The number of thioether (sulfide) groups is 1. The van der Waals surface area contributed by atoms with E-state index < -0.39 is 12.2 Å². The molecule has 5 heteroatoms. The Morgan fingerprint density at radius 2 is 2.06 bits per heavy atom. The fourth-order valence-electron chi connectivity index (χ4n) is 1.47. The van der Waals surface area contributed by atoms with Crippen molar-refractivity contribution in [3.05, 3.63) is 29.8 Å². The van der Waals surface area contributed by atoms with Gasteiger partial charge < -0.3 is 15.9 Å². The molecule has 2 unspecified atom stereocenters. The summed E-state index contributed by atoms with van der Waals surface area (Å²) >= 11 is 1.14. The van der Waals surface area contributed by atoms with Crippen molar-refractivity contribution in [3.8, 4) is 0 Å². The van der Waals surface area contributed by atoms with E-state index >= 15 is 0 Å². The maximum Gasteiger partial charge on any atom is 0.185 e. The second-order valence-electron chi connectivity index (χ2n) is 3.77. The van der Waals surface area contributed by atoms with Crippen LogP contribution in [0.15, 0.2) is 24.3 Å². The third-order valence-corrected chi connectivity index (χ3v) is 3.24. The third-order valence-electron chi connectivity index (χ3n) is 2.40. The number of nitrogens with two attached hydrogens (primary N) is 1. The molecular weight excluding hydrogens is 238 g/mol. The molecule has 4 nitrogen and oxygen atoms in total. The number of aliphatic hydroxyl groups is 2. The molecule has 0 aliphatic rings. The first-order chi connectivity index (χ1) is 8.02. The van der Waals surface area contributed by atoms with Crippen molar-refractivity contribution in [2.75, 3.05) is 11.5 Å². The first kappa shape index (κ1) is 14.0. The van der Waals surface area contributed by atoms with Gasteiger partial charge >= 0.3 is 0 Å². The predicted molar refractivity (Wildman–Crippen MR) is 69.6 cm³/mol. The summed E-state index contributed by atoms with van der Waals surface area (Å²) in [5, 5.41) is 19.7. The lowest BCUT2D eigenvalue weighted by Gasteiger charge is -2.19. The van der Waals surface area contributed by atoms with Crippen molar-refractivity contribution in [1.29, 1.82) is 0 Å². The summed E-state index contributed by atoms with van der Waals surface area (Å²) in [6.45, 7) is 1.47. The molecule has 0 aliphatic heterocycles. The van der Waals surface area contributed by atoms with E-state index in [4.69, 9.17) is 5.73 Å². The molecule has 4 N–H and O–H groups in total. The number of nitrogen functional groups attached to an aromatic ring is 1. The van der Waals surface area contributed by atoms with Crippen LogP contribution in [-0.4, -0.2) is 27.2 Å². The molecule has 0 radical (unpaired) electrons. The highest BCUT2D eigenvalue weighted by Gasteiger charge is 2.19. The average molecular weight is 255 g/mol. The van der Waals surface area contributed by atoms with E-state index in [1.54, 1.807) is 24.3 Å². The molecule has 0 saturated heterocycles. The van der Waals surface area contributed by atoms with E-state index in [1.165, 1.54) is 6.92 Å². The van der Waals surface area contributed by atoms with Gasteiger partial charge in [0.05, 0.1) is 6.10 Å². The van der Waals surface area contributed by atoms with E-state index in [-0.39, 0.29) is 5.12 Å². The molecule has 0 spiro atoms. The molecule has 0 fully saturated rings. The molecule has 0 heterocycles. The summed E-state index contributed by atoms with van der Waals surface area (Å²) < 4.78 is 0. The summed E-state index contributed by atoms with van der Waals surface area (Å²) in [5.41, 5.74) is 6.68. The first-order valence-corrected chi connectivity index (χ1v) is 6.35. The minimum absolute atomic E-state index is 0.00548. The lowest BCUT2D eigenvalue weighted by Crippen LogP contribution is -2.20. The van der Waals surface area contributed by atoms with Crippen LogP contribution in [0, 0.1) is 0 Å². The monoisotopic (exact) mass is 255 g/mol. The van der Waals surface area contributed by atoms with Gasteiger partial charge in [0, 0.05) is 23.9 Å². The highest BCUT2D eigenvalue weighted by Crippen LogP contribution is 2.24. The Balaban J connectivity index is 2.55. The number of para-hydroxylation sites is 1. The average Bonchev–Trinajstić information content (AvgIpc) is 2.28. The van der Waals surface area contributed by atoms with Gasteiger partial charge in [-0.2, -0.15) is 0 Å². The smallest absolute Gasteiger partial charge is 0.185 e. The third kappa shape index (κ3) is 4.38. The van der Waals surface area contributed by atoms with Gasteiger partial charge in [0.1, 0.15) is 6.10 Å². The first-order valence-electron chi connectivity index (χ1n) is 5.36.